The lowest BCUT2D eigenvalue weighted by molar-refractivity contribution is -0.121. The molecule has 0 aliphatic heterocycles. The molecule has 0 aliphatic rings. The van der Waals surface area contributed by atoms with E-state index in [1.165, 1.54) is 0 Å². The van der Waals surface area contributed by atoms with Crippen molar-refractivity contribution in [3.63, 3.8) is 0 Å². The fourth-order valence-corrected chi connectivity index (χ4v) is 3.86. The molecule has 0 spiro atoms. The number of nitrogens with zero attached hydrogens (tertiary/aromatic N) is 1. The van der Waals surface area contributed by atoms with E-state index in [0.717, 1.165) is 17.7 Å². The number of nitrogens with one attached hydrogen (secondary N) is 2. The fourth-order valence-electron chi connectivity index (χ4n) is 2.99. The highest BCUT2D eigenvalue weighted by Crippen LogP contribution is 2.30. The van der Waals surface area contributed by atoms with Crippen molar-refractivity contribution in [2.75, 3.05) is 0 Å². The lowest BCUT2D eigenvalue weighted by atomic mass is 9.92. The van der Waals surface area contributed by atoms with Crippen LogP contribution >= 0.6 is 11.3 Å². The zero-order chi connectivity index (χ0) is 17.7. The van der Waals surface area contributed by atoms with Crippen LogP contribution in [0.1, 0.15) is 54.7 Å². The summed E-state index contributed by atoms with van der Waals surface area (Å²) in [4.78, 5) is 32.7. The van der Waals surface area contributed by atoms with E-state index in [4.69, 9.17) is 0 Å². The Hall–Kier alpha value is -1.95. The van der Waals surface area contributed by atoms with Gasteiger partial charge in [-0.1, -0.05) is 32.8 Å². The van der Waals surface area contributed by atoms with Crippen molar-refractivity contribution in [1.29, 1.82) is 0 Å². The molecule has 0 unspecified atom stereocenters. The summed E-state index contributed by atoms with van der Waals surface area (Å²) in [5.74, 6) is 0.804. The Morgan fingerprint density at radius 1 is 1.33 bits per heavy atom. The maximum Gasteiger partial charge on any atom is 0.254 e. The summed E-state index contributed by atoms with van der Waals surface area (Å²) in [7, 11) is 0. The molecule has 1 amide bonds. The normalized spacial score (nSPS) is 12.4. The minimum atomic E-state index is -0.231. The maximum atomic E-state index is 12.6. The van der Waals surface area contributed by atoms with E-state index in [-0.39, 0.29) is 23.9 Å². The van der Waals surface area contributed by atoms with Crippen LogP contribution in [-0.4, -0.2) is 15.9 Å². The number of aryl methyl sites for hydroxylation is 2. The quantitative estimate of drug-likeness (QED) is 0.807. The SMILES string of the molecule is CCC(CC)[C@H](NC(=O)Cc1c(C)nc(C)[nH]c1=O)c1cccs1. The minimum Gasteiger partial charge on any atom is -0.348 e. The zero-order valence-electron chi connectivity index (χ0n) is 14.7. The van der Waals surface area contributed by atoms with Gasteiger partial charge in [-0.25, -0.2) is 4.98 Å². The van der Waals surface area contributed by atoms with Gasteiger partial charge in [-0.05, 0) is 31.2 Å². The van der Waals surface area contributed by atoms with Crippen LogP contribution in [0.2, 0.25) is 0 Å². The van der Waals surface area contributed by atoms with Gasteiger partial charge in [-0.3, -0.25) is 9.59 Å². The van der Waals surface area contributed by atoms with Gasteiger partial charge in [0.2, 0.25) is 5.91 Å². The van der Waals surface area contributed by atoms with E-state index in [0.29, 0.717) is 23.0 Å². The third kappa shape index (κ3) is 4.32. The molecule has 2 aromatic heterocycles. The Balaban J connectivity index is 2.18. The Morgan fingerprint density at radius 2 is 2.04 bits per heavy atom. The fraction of sp³-hybridized carbons (Fsp3) is 0.500. The second kappa shape index (κ2) is 8.24. The van der Waals surface area contributed by atoms with E-state index >= 15 is 0 Å². The molecular formula is C18H25N3O2S. The van der Waals surface area contributed by atoms with Gasteiger partial charge in [0.15, 0.2) is 0 Å². The number of H-pyrrole nitrogens is 1. The first kappa shape index (κ1) is 18.4. The Morgan fingerprint density at radius 3 is 2.58 bits per heavy atom. The molecule has 2 N–H and O–H groups in total. The molecule has 6 heteroatoms. The van der Waals surface area contributed by atoms with E-state index in [1.54, 1.807) is 25.2 Å². The molecule has 0 fully saturated rings. The topological polar surface area (TPSA) is 74.8 Å². The highest BCUT2D eigenvalue weighted by Gasteiger charge is 2.24. The molecule has 1 atom stereocenters. The standard InChI is InChI=1S/C18H25N3O2S/c1-5-13(6-2)17(15-8-7-9-24-15)21-16(22)10-14-11(3)19-12(4)20-18(14)23/h7-9,13,17H,5-6,10H2,1-4H3,(H,21,22)(H,19,20,23)/t17-/m0/s1. The third-order valence-corrected chi connectivity index (χ3v) is 5.32. The molecule has 0 aromatic carbocycles. The second-order valence-electron chi connectivity index (χ2n) is 6.03. The lowest BCUT2D eigenvalue weighted by Crippen LogP contribution is -2.35. The smallest absolute Gasteiger partial charge is 0.254 e. The molecule has 24 heavy (non-hydrogen) atoms. The molecule has 0 bridgehead atoms. The number of thiophene rings is 1. The Bertz CT molecular complexity index is 733. The molecule has 0 saturated heterocycles. The molecule has 2 rings (SSSR count). The first-order valence-corrected chi connectivity index (χ1v) is 9.23. The number of aromatic nitrogens is 2. The first-order chi connectivity index (χ1) is 11.5. The molecule has 5 nitrogen and oxygen atoms in total. The van der Waals surface area contributed by atoms with Gasteiger partial charge in [0, 0.05) is 16.1 Å². The summed E-state index contributed by atoms with van der Waals surface area (Å²) in [5, 5.41) is 5.15. The van der Waals surface area contributed by atoms with Crippen LogP contribution < -0.4 is 10.9 Å². The van der Waals surface area contributed by atoms with Gasteiger partial charge in [0.1, 0.15) is 5.82 Å². The van der Waals surface area contributed by atoms with Crippen molar-refractivity contribution in [3.05, 3.63) is 49.8 Å². The molecule has 130 valence electrons. The van der Waals surface area contributed by atoms with Crippen LogP contribution in [-0.2, 0) is 11.2 Å². The van der Waals surface area contributed by atoms with E-state index in [1.807, 2.05) is 11.4 Å². The van der Waals surface area contributed by atoms with Crippen molar-refractivity contribution in [1.82, 2.24) is 15.3 Å². The summed E-state index contributed by atoms with van der Waals surface area (Å²) in [6.45, 7) is 7.78. The van der Waals surface area contributed by atoms with Crippen LogP contribution in [0.25, 0.3) is 0 Å². The molecular weight excluding hydrogens is 322 g/mol. The van der Waals surface area contributed by atoms with Crippen molar-refractivity contribution in [2.24, 2.45) is 5.92 Å². The van der Waals surface area contributed by atoms with Gasteiger partial charge >= 0.3 is 0 Å². The molecule has 0 aliphatic carbocycles. The lowest BCUT2D eigenvalue weighted by Gasteiger charge is -2.25. The zero-order valence-corrected chi connectivity index (χ0v) is 15.5. The molecule has 0 radical (unpaired) electrons. The number of hydrogen-bond donors (Lipinski definition) is 2. The summed E-state index contributed by atoms with van der Waals surface area (Å²) in [6, 6.07) is 4.05. The molecule has 2 aromatic rings. The highest BCUT2D eigenvalue weighted by molar-refractivity contribution is 7.10. The van der Waals surface area contributed by atoms with Gasteiger partial charge in [0.05, 0.1) is 12.5 Å². The predicted octanol–water partition coefficient (Wildman–Crippen LogP) is 3.28. The number of rotatable bonds is 7. The summed E-state index contributed by atoms with van der Waals surface area (Å²) < 4.78 is 0. The summed E-state index contributed by atoms with van der Waals surface area (Å²) in [6.07, 6.45) is 2.03. The van der Waals surface area contributed by atoms with E-state index < -0.39 is 0 Å². The van der Waals surface area contributed by atoms with Gasteiger partial charge in [-0.15, -0.1) is 11.3 Å². The maximum absolute atomic E-state index is 12.6. The van der Waals surface area contributed by atoms with Crippen molar-refractivity contribution in [2.45, 2.75) is 53.0 Å². The summed E-state index contributed by atoms with van der Waals surface area (Å²) in [5.41, 5.74) is 0.819. The monoisotopic (exact) mass is 347 g/mol. The average Bonchev–Trinajstić information content (AvgIpc) is 3.05. The molecule has 2 heterocycles. The van der Waals surface area contributed by atoms with Gasteiger partial charge < -0.3 is 10.3 Å². The van der Waals surface area contributed by atoms with Crippen LogP contribution in [0, 0.1) is 19.8 Å². The van der Waals surface area contributed by atoms with Crippen LogP contribution in [0.4, 0.5) is 0 Å². The van der Waals surface area contributed by atoms with E-state index in [9.17, 15) is 9.59 Å². The van der Waals surface area contributed by atoms with Crippen molar-refractivity contribution < 1.29 is 4.79 Å². The highest BCUT2D eigenvalue weighted by atomic mass is 32.1. The number of aromatic amines is 1. The van der Waals surface area contributed by atoms with Crippen molar-refractivity contribution >= 4 is 17.2 Å². The average molecular weight is 347 g/mol. The largest absolute Gasteiger partial charge is 0.348 e. The van der Waals surface area contributed by atoms with Crippen LogP contribution in [0.5, 0.6) is 0 Å². The van der Waals surface area contributed by atoms with Crippen LogP contribution in [0.15, 0.2) is 22.3 Å². The van der Waals surface area contributed by atoms with Crippen molar-refractivity contribution in [3.8, 4) is 0 Å². The number of carbonyl (C=O) groups is 1. The number of carbonyl (C=O) groups excluding carboxylic acids is 1. The van der Waals surface area contributed by atoms with E-state index in [2.05, 4.69) is 35.2 Å². The number of hydrogen-bond acceptors (Lipinski definition) is 4. The Labute approximate surface area is 146 Å². The van der Waals surface area contributed by atoms with Crippen LogP contribution in [0.3, 0.4) is 0 Å². The minimum absolute atomic E-state index is 0.00899. The number of amides is 1. The third-order valence-electron chi connectivity index (χ3n) is 4.36. The van der Waals surface area contributed by atoms with Gasteiger partial charge in [0.25, 0.3) is 5.56 Å². The molecule has 0 saturated carbocycles. The predicted molar refractivity (Wildman–Crippen MR) is 97.3 cm³/mol. The Kier molecular flexibility index (Phi) is 6.31. The summed E-state index contributed by atoms with van der Waals surface area (Å²) >= 11 is 1.65. The first-order valence-electron chi connectivity index (χ1n) is 8.35. The second-order valence-corrected chi connectivity index (χ2v) is 7.01. The van der Waals surface area contributed by atoms with Gasteiger partial charge in [-0.2, -0.15) is 0 Å².